The van der Waals surface area contributed by atoms with Gasteiger partial charge in [0.05, 0.1) is 0 Å². The highest BCUT2D eigenvalue weighted by atomic mass is 32.1. The van der Waals surface area contributed by atoms with Crippen molar-refractivity contribution in [3.8, 4) is 0 Å². The molecular formula is C13H23NOS. The maximum Gasteiger partial charge on any atom is 0.0462 e. The Morgan fingerprint density at radius 1 is 1.50 bits per heavy atom. The number of thiophene rings is 1. The van der Waals surface area contributed by atoms with Crippen molar-refractivity contribution < 1.29 is 4.74 Å². The molecule has 1 heterocycles. The molecule has 3 heteroatoms. The third-order valence-corrected chi connectivity index (χ3v) is 3.51. The Bertz CT molecular complexity index is 285. The molecule has 0 spiro atoms. The maximum atomic E-state index is 5.11. The normalized spacial score (nSPS) is 12.9. The quantitative estimate of drug-likeness (QED) is 0.703. The van der Waals surface area contributed by atoms with Gasteiger partial charge < -0.3 is 10.1 Å². The van der Waals surface area contributed by atoms with Crippen LogP contribution in [0.4, 0.5) is 0 Å². The van der Waals surface area contributed by atoms with Gasteiger partial charge in [0.25, 0.3) is 0 Å². The minimum absolute atomic E-state index is 0.500. The van der Waals surface area contributed by atoms with Crippen LogP contribution >= 0.6 is 11.3 Å². The second kappa shape index (κ2) is 7.82. The first-order valence-corrected chi connectivity index (χ1v) is 6.93. The fraction of sp³-hybridized carbons (Fsp3) is 0.692. The van der Waals surface area contributed by atoms with Crippen molar-refractivity contribution in [1.29, 1.82) is 0 Å². The van der Waals surface area contributed by atoms with Gasteiger partial charge in [0.15, 0.2) is 0 Å². The Hall–Kier alpha value is -0.380. The van der Waals surface area contributed by atoms with Crippen molar-refractivity contribution in [2.75, 3.05) is 20.3 Å². The molecule has 1 N–H and O–H groups in total. The molecule has 1 rings (SSSR count). The third-order valence-electron chi connectivity index (χ3n) is 2.64. The smallest absolute Gasteiger partial charge is 0.0462 e. The summed E-state index contributed by atoms with van der Waals surface area (Å²) in [6.07, 6.45) is 3.46. The molecule has 16 heavy (non-hydrogen) atoms. The number of rotatable bonds is 8. The van der Waals surface area contributed by atoms with Crippen LogP contribution in [0, 0.1) is 6.92 Å². The molecule has 0 aliphatic heterocycles. The van der Waals surface area contributed by atoms with Gasteiger partial charge in [0.2, 0.25) is 0 Å². The summed E-state index contributed by atoms with van der Waals surface area (Å²) >= 11 is 1.83. The summed E-state index contributed by atoms with van der Waals surface area (Å²) in [6, 6.07) is 2.80. The zero-order chi connectivity index (χ0) is 11.8. The van der Waals surface area contributed by atoms with E-state index in [0.717, 1.165) is 26.0 Å². The van der Waals surface area contributed by atoms with Crippen LogP contribution in [0.2, 0.25) is 0 Å². The van der Waals surface area contributed by atoms with Gasteiger partial charge in [-0.2, -0.15) is 0 Å². The Morgan fingerprint density at radius 2 is 2.31 bits per heavy atom. The molecular weight excluding hydrogens is 218 g/mol. The lowest BCUT2D eigenvalue weighted by Crippen LogP contribution is -2.22. The van der Waals surface area contributed by atoms with E-state index in [-0.39, 0.29) is 0 Å². The largest absolute Gasteiger partial charge is 0.385 e. The molecule has 0 aliphatic rings. The van der Waals surface area contributed by atoms with E-state index in [1.165, 1.54) is 16.9 Å². The third kappa shape index (κ3) is 4.64. The Balaban J connectivity index is 2.49. The van der Waals surface area contributed by atoms with Crippen molar-refractivity contribution in [2.24, 2.45) is 0 Å². The zero-order valence-electron chi connectivity index (χ0n) is 10.6. The standard InChI is InChI=1S/C13H23NOS/c1-4-7-14-13(6-5-8-15-3)12-9-11(2)16-10-12/h9-10,13-14H,4-8H2,1-3H3. The van der Waals surface area contributed by atoms with Crippen LogP contribution in [0.15, 0.2) is 11.4 Å². The van der Waals surface area contributed by atoms with Gasteiger partial charge in [0, 0.05) is 24.6 Å². The van der Waals surface area contributed by atoms with Crippen molar-refractivity contribution in [3.05, 3.63) is 21.9 Å². The SMILES string of the molecule is CCCNC(CCCOC)c1csc(C)c1. The number of nitrogens with one attached hydrogen (secondary N) is 1. The van der Waals surface area contributed by atoms with E-state index < -0.39 is 0 Å². The number of methoxy groups -OCH3 is 1. The second-order valence-corrected chi connectivity index (χ2v) is 5.25. The number of aryl methyl sites for hydroxylation is 1. The average Bonchev–Trinajstić information content (AvgIpc) is 2.70. The topological polar surface area (TPSA) is 21.3 Å². The predicted octanol–water partition coefficient (Wildman–Crippen LogP) is 3.52. The van der Waals surface area contributed by atoms with Gasteiger partial charge in [0.1, 0.15) is 0 Å². The first-order valence-electron chi connectivity index (χ1n) is 6.05. The predicted molar refractivity (Wildman–Crippen MR) is 71.2 cm³/mol. The first-order chi connectivity index (χ1) is 7.77. The highest BCUT2D eigenvalue weighted by Crippen LogP contribution is 2.23. The zero-order valence-corrected chi connectivity index (χ0v) is 11.4. The average molecular weight is 241 g/mol. The molecule has 1 unspecified atom stereocenters. The van der Waals surface area contributed by atoms with Crippen LogP contribution < -0.4 is 5.32 Å². The molecule has 1 atom stereocenters. The number of hydrogen-bond acceptors (Lipinski definition) is 3. The molecule has 2 nitrogen and oxygen atoms in total. The second-order valence-electron chi connectivity index (χ2n) is 4.13. The summed E-state index contributed by atoms with van der Waals surface area (Å²) in [5, 5.41) is 5.88. The van der Waals surface area contributed by atoms with Gasteiger partial charge in [-0.25, -0.2) is 0 Å². The van der Waals surface area contributed by atoms with Crippen LogP contribution in [0.1, 0.15) is 42.7 Å². The van der Waals surface area contributed by atoms with Crippen LogP contribution in [0.5, 0.6) is 0 Å². The van der Waals surface area contributed by atoms with Gasteiger partial charge in [-0.3, -0.25) is 0 Å². The molecule has 1 aromatic heterocycles. The highest BCUT2D eigenvalue weighted by Gasteiger charge is 2.11. The van der Waals surface area contributed by atoms with E-state index >= 15 is 0 Å². The van der Waals surface area contributed by atoms with Gasteiger partial charge in [-0.05, 0) is 49.7 Å². The Morgan fingerprint density at radius 3 is 2.88 bits per heavy atom. The molecule has 0 amide bonds. The van der Waals surface area contributed by atoms with Gasteiger partial charge in [-0.15, -0.1) is 11.3 Å². The summed E-state index contributed by atoms with van der Waals surface area (Å²) in [4.78, 5) is 1.39. The van der Waals surface area contributed by atoms with Crippen LogP contribution in [-0.2, 0) is 4.74 Å². The van der Waals surface area contributed by atoms with Crippen molar-refractivity contribution in [1.82, 2.24) is 5.32 Å². The fourth-order valence-electron chi connectivity index (χ4n) is 1.78. The molecule has 0 saturated carbocycles. The van der Waals surface area contributed by atoms with Gasteiger partial charge in [-0.1, -0.05) is 6.92 Å². The number of ether oxygens (including phenoxy) is 1. The Labute approximate surface area is 103 Å². The molecule has 0 fully saturated rings. The van der Waals surface area contributed by atoms with E-state index in [4.69, 9.17) is 4.74 Å². The molecule has 0 bridgehead atoms. The maximum absolute atomic E-state index is 5.11. The van der Waals surface area contributed by atoms with Crippen molar-refractivity contribution in [3.63, 3.8) is 0 Å². The molecule has 92 valence electrons. The minimum atomic E-state index is 0.500. The molecule has 0 aliphatic carbocycles. The van der Waals surface area contributed by atoms with E-state index in [2.05, 4.69) is 30.6 Å². The molecule has 0 saturated heterocycles. The van der Waals surface area contributed by atoms with E-state index in [1.54, 1.807) is 7.11 Å². The fourth-order valence-corrected chi connectivity index (χ4v) is 2.54. The lowest BCUT2D eigenvalue weighted by atomic mass is 10.0. The van der Waals surface area contributed by atoms with Crippen LogP contribution in [0.3, 0.4) is 0 Å². The minimum Gasteiger partial charge on any atom is -0.385 e. The van der Waals surface area contributed by atoms with Crippen molar-refractivity contribution >= 4 is 11.3 Å². The summed E-state index contributed by atoms with van der Waals surface area (Å²) in [5.74, 6) is 0. The monoisotopic (exact) mass is 241 g/mol. The van der Waals surface area contributed by atoms with E-state index in [0.29, 0.717) is 6.04 Å². The number of hydrogen-bond donors (Lipinski definition) is 1. The molecule has 1 aromatic rings. The van der Waals surface area contributed by atoms with E-state index in [9.17, 15) is 0 Å². The van der Waals surface area contributed by atoms with Gasteiger partial charge >= 0.3 is 0 Å². The lowest BCUT2D eigenvalue weighted by Gasteiger charge is -2.17. The van der Waals surface area contributed by atoms with Crippen LogP contribution in [-0.4, -0.2) is 20.3 Å². The first kappa shape index (κ1) is 13.7. The molecule has 0 aromatic carbocycles. The van der Waals surface area contributed by atoms with Crippen LogP contribution in [0.25, 0.3) is 0 Å². The highest BCUT2D eigenvalue weighted by molar-refractivity contribution is 7.10. The Kier molecular flexibility index (Phi) is 6.69. The van der Waals surface area contributed by atoms with Crippen molar-refractivity contribution in [2.45, 2.75) is 39.2 Å². The summed E-state index contributed by atoms with van der Waals surface area (Å²) in [6.45, 7) is 6.32. The summed E-state index contributed by atoms with van der Waals surface area (Å²) in [7, 11) is 1.77. The van der Waals surface area contributed by atoms with E-state index in [1.807, 2.05) is 11.3 Å². The summed E-state index contributed by atoms with van der Waals surface area (Å²) in [5.41, 5.74) is 1.44. The lowest BCUT2D eigenvalue weighted by molar-refractivity contribution is 0.189. The molecule has 0 radical (unpaired) electrons. The summed E-state index contributed by atoms with van der Waals surface area (Å²) < 4.78 is 5.11.